The highest BCUT2D eigenvalue weighted by Crippen LogP contribution is 2.32. The first-order valence-corrected chi connectivity index (χ1v) is 4.88. The number of methoxy groups -OCH3 is 1. The molecule has 0 saturated carbocycles. The highest BCUT2D eigenvalue weighted by molar-refractivity contribution is 5.37. The average molecular weight is 195 g/mol. The molecule has 1 aromatic rings. The minimum absolute atomic E-state index is 0.251. The van der Waals surface area contributed by atoms with Crippen molar-refractivity contribution in [2.24, 2.45) is 0 Å². The molecule has 1 aromatic carbocycles. The summed E-state index contributed by atoms with van der Waals surface area (Å²) in [6, 6.07) is 5.33. The molecular formula is C11H14FNO. The van der Waals surface area contributed by atoms with Crippen molar-refractivity contribution in [3.05, 3.63) is 29.6 Å². The molecule has 2 nitrogen and oxygen atoms in total. The van der Waals surface area contributed by atoms with Crippen LogP contribution in [0.5, 0.6) is 5.75 Å². The number of ether oxygens (including phenoxy) is 1. The van der Waals surface area contributed by atoms with E-state index in [1.54, 1.807) is 6.07 Å². The minimum Gasteiger partial charge on any atom is -0.493 e. The van der Waals surface area contributed by atoms with Crippen LogP contribution in [0.4, 0.5) is 4.39 Å². The molecular weight excluding hydrogens is 181 g/mol. The van der Waals surface area contributed by atoms with Gasteiger partial charge in [-0.25, -0.2) is 4.39 Å². The SMILES string of the molecule is COc1c(F)cccc1[C@H]1CCCN1. The van der Waals surface area contributed by atoms with Gasteiger partial charge in [0, 0.05) is 11.6 Å². The molecule has 1 heterocycles. The summed E-state index contributed by atoms with van der Waals surface area (Å²) in [5.74, 6) is 0.102. The molecule has 1 aliphatic heterocycles. The van der Waals surface area contributed by atoms with E-state index in [0.717, 1.165) is 24.9 Å². The normalized spacial score (nSPS) is 21.1. The molecule has 0 amide bonds. The Kier molecular flexibility index (Phi) is 2.68. The second-order valence-electron chi connectivity index (χ2n) is 3.51. The Hall–Kier alpha value is -1.09. The Balaban J connectivity index is 2.35. The Morgan fingerprint density at radius 3 is 3.00 bits per heavy atom. The minimum atomic E-state index is -0.279. The molecule has 0 bridgehead atoms. The van der Waals surface area contributed by atoms with Gasteiger partial charge in [-0.1, -0.05) is 12.1 Å². The Morgan fingerprint density at radius 2 is 2.36 bits per heavy atom. The maximum atomic E-state index is 13.4. The number of para-hydroxylation sites is 1. The van der Waals surface area contributed by atoms with Crippen LogP contribution in [0.3, 0.4) is 0 Å². The fourth-order valence-corrected chi connectivity index (χ4v) is 1.97. The van der Waals surface area contributed by atoms with Crippen molar-refractivity contribution in [2.75, 3.05) is 13.7 Å². The van der Waals surface area contributed by atoms with Gasteiger partial charge in [0.2, 0.25) is 0 Å². The Labute approximate surface area is 83.1 Å². The summed E-state index contributed by atoms with van der Waals surface area (Å²) in [6.07, 6.45) is 2.20. The van der Waals surface area contributed by atoms with Gasteiger partial charge >= 0.3 is 0 Å². The molecule has 76 valence electrons. The molecule has 0 unspecified atom stereocenters. The van der Waals surface area contributed by atoms with Crippen LogP contribution < -0.4 is 10.1 Å². The highest BCUT2D eigenvalue weighted by atomic mass is 19.1. The van der Waals surface area contributed by atoms with Gasteiger partial charge in [0.1, 0.15) is 0 Å². The van der Waals surface area contributed by atoms with E-state index >= 15 is 0 Å². The number of hydrogen-bond donors (Lipinski definition) is 1. The third-order valence-corrected chi connectivity index (χ3v) is 2.64. The monoisotopic (exact) mass is 195 g/mol. The maximum Gasteiger partial charge on any atom is 0.165 e. The van der Waals surface area contributed by atoms with Gasteiger partial charge in [-0.15, -0.1) is 0 Å². The van der Waals surface area contributed by atoms with Crippen LogP contribution in [0.2, 0.25) is 0 Å². The van der Waals surface area contributed by atoms with Crippen molar-refractivity contribution < 1.29 is 9.13 Å². The molecule has 0 radical (unpaired) electrons. The highest BCUT2D eigenvalue weighted by Gasteiger charge is 2.21. The standard InChI is InChI=1S/C11H14FNO/c1-14-11-8(4-2-5-9(11)12)10-6-3-7-13-10/h2,4-5,10,13H,3,6-7H2,1H3/t10-/m1/s1. The van der Waals surface area contributed by atoms with Gasteiger partial charge < -0.3 is 10.1 Å². The van der Waals surface area contributed by atoms with Crippen molar-refractivity contribution in [2.45, 2.75) is 18.9 Å². The second-order valence-corrected chi connectivity index (χ2v) is 3.51. The number of halogens is 1. The van der Waals surface area contributed by atoms with Gasteiger partial charge in [-0.05, 0) is 25.5 Å². The number of benzene rings is 1. The Bertz CT molecular complexity index is 321. The van der Waals surface area contributed by atoms with E-state index in [2.05, 4.69) is 5.32 Å². The van der Waals surface area contributed by atoms with E-state index in [0.29, 0.717) is 5.75 Å². The molecule has 1 atom stereocenters. The zero-order valence-electron chi connectivity index (χ0n) is 8.22. The first-order chi connectivity index (χ1) is 6.83. The van der Waals surface area contributed by atoms with Crippen molar-refractivity contribution in [1.29, 1.82) is 0 Å². The maximum absolute atomic E-state index is 13.4. The number of nitrogens with one attached hydrogen (secondary N) is 1. The lowest BCUT2D eigenvalue weighted by Crippen LogP contribution is -2.14. The summed E-state index contributed by atoms with van der Waals surface area (Å²) in [5, 5.41) is 3.33. The van der Waals surface area contributed by atoms with E-state index in [1.165, 1.54) is 13.2 Å². The third-order valence-electron chi connectivity index (χ3n) is 2.64. The predicted molar refractivity (Wildman–Crippen MR) is 52.9 cm³/mol. The lowest BCUT2D eigenvalue weighted by molar-refractivity contribution is 0.376. The molecule has 0 aliphatic carbocycles. The molecule has 1 aliphatic rings. The average Bonchev–Trinajstić information content (AvgIpc) is 2.70. The Morgan fingerprint density at radius 1 is 1.50 bits per heavy atom. The van der Waals surface area contributed by atoms with Gasteiger partial charge in [0.25, 0.3) is 0 Å². The molecule has 0 spiro atoms. The largest absolute Gasteiger partial charge is 0.493 e. The second kappa shape index (κ2) is 3.96. The molecule has 14 heavy (non-hydrogen) atoms. The molecule has 2 rings (SSSR count). The molecule has 1 saturated heterocycles. The molecule has 1 fully saturated rings. The van der Waals surface area contributed by atoms with Crippen LogP contribution in [0.25, 0.3) is 0 Å². The zero-order valence-corrected chi connectivity index (χ0v) is 8.22. The number of rotatable bonds is 2. The van der Waals surface area contributed by atoms with Gasteiger partial charge in [0.15, 0.2) is 11.6 Å². The predicted octanol–water partition coefficient (Wildman–Crippen LogP) is 2.26. The van der Waals surface area contributed by atoms with Crippen molar-refractivity contribution in [1.82, 2.24) is 5.32 Å². The van der Waals surface area contributed by atoms with Crippen LogP contribution in [0.15, 0.2) is 18.2 Å². The molecule has 1 N–H and O–H groups in total. The first kappa shape index (κ1) is 9.46. The lowest BCUT2D eigenvalue weighted by Gasteiger charge is -2.15. The topological polar surface area (TPSA) is 21.3 Å². The van der Waals surface area contributed by atoms with Crippen LogP contribution >= 0.6 is 0 Å². The quantitative estimate of drug-likeness (QED) is 0.781. The van der Waals surface area contributed by atoms with Gasteiger partial charge in [-0.2, -0.15) is 0 Å². The lowest BCUT2D eigenvalue weighted by atomic mass is 10.0. The van der Waals surface area contributed by atoms with Crippen molar-refractivity contribution >= 4 is 0 Å². The van der Waals surface area contributed by atoms with Crippen molar-refractivity contribution in [3.8, 4) is 5.75 Å². The summed E-state index contributed by atoms with van der Waals surface area (Å²) in [4.78, 5) is 0. The van der Waals surface area contributed by atoms with E-state index in [4.69, 9.17) is 4.74 Å². The van der Waals surface area contributed by atoms with Crippen LogP contribution in [0.1, 0.15) is 24.4 Å². The van der Waals surface area contributed by atoms with E-state index in [9.17, 15) is 4.39 Å². The van der Waals surface area contributed by atoms with Crippen LogP contribution in [-0.2, 0) is 0 Å². The first-order valence-electron chi connectivity index (χ1n) is 4.88. The fraction of sp³-hybridized carbons (Fsp3) is 0.455. The van der Waals surface area contributed by atoms with Gasteiger partial charge in [-0.3, -0.25) is 0 Å². The molecule has 3 heteroatoms. The molecule has 0 aromatic heterocycles. The van der Waals surface area contributed by atoms with E-state index in [-0.39, 0.29) is 11.9 Å². The summed E-state index contributed by atoms with van der Waals surface area (Å²) >= 11 is 0. The van der Waals surface area contributed by atoms with Gasteiger partial charge in [0.05, 0.1) is 7.11 Å². The van der Waals surface area contributed by atoms with E-state index < -0.39 is 0 Å². The van der Waals surface area contributed by atoms with Crippen LogP contribution in [-0.4, -0.2) is 13.7 Å². The summed E-state index contributed by atoms with van der Waals surface area (Å²) in [5.41, 5.74) is 0.935. The third kappa shape index (κ3) is 1.60. The summed E-state index contributed by atoms with van der Waals surface area (Å²) in [6.45, 7) is 1.00. The number of hydrogen-bond acceptors (Lipinski definition) is 2. The van der Waals surface area contributed by atoms with Crippen molar-refractivity contribution in [3.63, 3.8) is 0 Å². The summed E-state index contributed by atoms with van der Waals surface area (Å²) < 4.78 is 18.4. The zero-order chi connectivity index (χ0) is 9.97. The fourth-order valence-electron chi connectivity index (χ4n) is 1.97. The van der Waals surface area contributed by atoms with E-state index in [1.807, 2.05) is 6.07 Å². The van der Waals surface area contributed by atoms with Crippen LogP contribution in [0, 0.1) is 5.82 Å². The summed E-state index contributed by atoms with van der Waals surface area (Å²) in [7, 11) is 1.51. The smallest absolute Gasteiger partial charge is 0.165 e.